The monoisotopic (exact) mass is 255 g/mol. The number of carbonyl (C=O) groups is 1. The third-order valence-corrected chi connectivity index (χ3v) is 1.57. The zero-order valence-electron chi connectivity index (χ0n) is 7.60. The van der Waals surface area contributed by atoms with Gasteiger partial charge in [-0.1, -0.05) is 23.5 Å². The molecule has 0 saturated heterocycles. The number of hydrogen-bond donors (Lipinski definition) is 0. The van der Waals surface area contributed by atoms with Gasteiger partial charge in [0.2, 0.25) is 0 Å². The van der Waals surface area contributed by atoms with E-state index in [9.17, 15) is 9.18 Å². The number of halogens is 1. The van der Waals surface area contributed by atoms with Crippen LogP contribution in [-0.2, 0) is 37.5 Å². The van der Waals surface area contributed by atoms with Crippen molar-refractivity contribution in [3.63, 3.8) is 0 Å². The molecule has 1 radical (unpaired) electrons. The summed E-state index contributed by atoms with van der Waals surface area (Å²) in [6.45, 7) is 4.82. The predicted molar refractivity (Wildman–Crippen MR) is 43.5 cm³/mol. The molecule has 67 valence electrons. The molecule has 1 aliphatic rings. The molecule has 0 aromatic heterocycles. The standard InChI is InChI=1S/C9H9FNO.Y/c1-6-8(7(2)12)4-11(3)5-9(6)10;/h4H,1H2,2-3H3;/q-1;. The van der Waals surface area contributed by atoms with Crippen molar-refractivity contribution in [2.75, 3.05) is 7.05 Å². The Kier molecular flexibility index (Phi) is 4.72. The maximum atomic E-state index is 12.9. The number of hydrogen-bond acceptors (Lipinski definition) is 2. The molecule has 13 heavy (non-hydrogen) atoms. The molecule has 1 rings (SSSR count). The molecular formula is C9H9FNOY-. The van der Waals surface area contributed by atoms with Crippen molar-refractivity contribution in [3.8, 4) is 0 Å². The molecule has 0 fully saturated rings. The first-order valence-electron chi connectivity index (χ1n) is 3.46. The van der Waals surface area contributed by atoms with Crippen LogP contribution in [0.3, 0.4) is 0 Å². The molecule has 1 heterocycles. The molecule has 4 heteroatoms. The zero-order valence-corrected chi connectivity index (χ0v) is 10.4. The number of rotatable bonds is 1. The summed E-state index contributed by atoms with van der Waals surface area (Å²) < 4.78 is 12.9. The Morgan fingerprint density at radius 1 is 1.69 bits per heavy atom. The van der Waals surface area contributed by atoms with Crippen LogP contribution in [0, 0.1) is 6.20 Å². The van der Waals surface area contributed by atoms with Crippen molar-refractivity contribution < 1.29 is 41.9 Å². The summed E-state index contributed by atoms with van der Waals surface area (Å²) in [7, 11) is 1.61. The van der Waals surface area contributed by atoms with E-state index in [1.54, 1.807) is 7.05 Å². The first-order valence-corrected chi connectivity index (χ1v) is 3.46. The number of ketones is 1. The van der Waals surface area contributed by atoms with Gasteiger partial charge in [-0.25, -0.2) is 4.39 Å². The van der Waals surface area contributed by atoms with Crippen LogP contribution < -0.4 is 0 Å². The van der Waals surface area contributed by atoms with Crippen molar-refractivity contribution in [2.24, 2.45) is 0 Å². The summed E-state index contributed by atoms with van der Waals surface area (Å²) in [4.78, 5) is 12.3. The number of carbonyl (C=O) groups excluding carboxylic acids is 1. The maximum Gasteiger partial charge on any atom is 0.137 e. The Balaban J connectivity index is 0.00000144. The van der Waals surface area contributed by atoms with Gasteiger partial charge in [-0.05, 0) is 14.0 Å². The molecule has 0 unspecified atom stereocenters. The summed E-state index contributed by atoms with van der Waals surface area (Å²) >= 11 is 0. The second-order valence-corrected chi connectivity index (χ2v) is 2.61. The number of allylic oxidation sites excluding steroid dienone is 3. The summed E-state index contributed by atoms with van der Waals surface area (Å²) in [6, 6.07) is 0. The molecule has 0 spiro atoms. The number of nitrogens with zero attached hydrogens (tertiary/aromatic N) is 1. The van der Waals surface area contributed by atoms with Gasteiger partial charge < -0.3 is 4.90 Å². The van der Waals surface area contributed by atoms with Gasteiger partial charge >= 0.3 is 0 Å². The summed E-state index contributed by atoms with van der Waals surface area (Å²) in [5.41, 5.74) is 0.411. The molecule has 0 aromatic rings. The van der Waals surface area contributed by atoms with E-state index < -0.39 is 5.83 Å². The van der Waals surface area contributed by atoms with Gasteiger partial charge in [0.15, 0.2) is 0 Å². The van der Waals surface area contributed by atoms with E-state index in [0.29, 0.717) is 5.57 Å². The smallest absolute Gasteiger partial charge is 0.137 e. The molecule has 2 nitrogen and oxygen atoms in total. The van der Waals surface area contributed by atoms with Crippen LogP contribution in [-0.4, -0.2) is 17.7 Å². The van der Waals surface area contributed by atoms with Gasteiger partial charge in [0.1, 0.15) is 5.78 Å². The van der Waals surface area contributed by atoms with Gasteiger partial charge in [0.25, 0.3) is 0 Å². The van der Waals surface area contributed by atoms with Crippen LogP contribution in [0.1, 0.15) is 6.92 Å². The minimum atomic E-state index is -0.579. The molecule has 0 aromatic carbocycles. The third kappa shape index (κ3) is 2.85. The first kappa shape index (κ1) is 12.7. The minimum absolute atomic E-state index is 0. The van der Waals surface area contributed by atoms with E-state index in [2.05, 4.69) is 12.8 Å². The van der Waals surface area contributed by atoms with E-state index in [1.807, 2.05) is 0 Å². The fraction of sp³-hybridized carbons (Fsp3) is 0.222. The largest absolute Gasteiger partial charge is 0.461 e. The Bertz CT molecular complexity index is 307. The van der Waals surface area contributed by atoms with Gasteiger partial charge in [0, 0.05) is 38.5 Å². The molecule has 0 bridgehead atoms. The van der Waals surface area contributed by atoms with E-state index >= 15 is 0 Å². The molecule has 1 aliphatic heterocycles. The second-order valence-electron chi connectivity index (χ2n) is 2.61. The molecule has 0 N–H and O–H groups in total. The second kappa shape index (κ2) is 4.82. The molecule has 0 aliphatic carbocycles. The summed E-state index contributed by atoms with van der Waals surface area (Å²) in [6.07, 6.45) is 3.88. The maximum absolute atomic E-state index is 12.9. The quantitative estimate of drug-likeness (QED) is 0.663. The van der Waals surface area contributed by atoms with Crippen LogP contribution in [0.25, 0.3) is 0 Å². The van der Waals surface area contributed by atoms with Crippen LogP contribution in [0.4, 0.5) is 4.39 Å². The van der Waals surface area contributed by atoms with Gasteiger partial charge in [-0.3, -0.25) is 4.79 Å². The fourth-order valence-corrected chi connectivity index (χ4v) is 0.948. The fourth-order valence-electron chi connectivity index (χ4n) is 0.948. The predicted octanol–water partition coefficient (Wildman–Crippen LogP) is 1.57. The normalized spacial score (nSPS) is 15.9. The summed E-state index contributed by atoms with van der Waals surface area (Å²) in [5, 5.41) is 0. The molecule has 0 atom stereocenters. The van der Waals surface area contributed by atoms with Gasteiger partial charge in [0.05, 0.1) is 0 Å². The van der Waals surface area contributed by atoms with Crippen molar-refractivity contribution in [1.82, 2.24) is 4.90 Å². The van der Waals surface area contributed by atoms with E-state index in [0.717, 1.165) is 0 Å². The Morgan fingerprint density at radius 3 is 2.69 bits per heavy atom. The van der Waals surface area contributed by atoms with E-state index in [4.69, 9.17) is 0 Å². The minimum Gasteiger partial charge on any atom is -0.461 e. The molecular weight excluding hydrogens is 246 g/mol. The van der Waals surface area contributed by atoms with Crippen LogP contribution in [0.15, 0.2) is 29.8 Å². The topological polar surface area (TPSA) is 20.3 Å². The van der Waals surface area contributed by atoms with Crippen LogP contribution in [0.2, 0.25) is 0 Å². The van der Waals surface area contributed by atoms with E-state index in [-0.39, 0.29) is 44.1 Å². The Morgan fingerprint density at radius 2 is 2.23 bits per heavy atom. The van der Waals surface area contributed by atoms with Gasteiger partial charge in [-0.2, -0.15) is 0 Å². The van der Waals surface area contributed by atoms with E-state index in [1.165, 1.54) is 18.0 Å². The summed E-state index contributed by atoms with van der Waals surface area (Å²) in [5.74, 6) is -0.770. The molecule has 0 amide bonds. The SMILES string of the molecule is C=C1C(F)=[C-]N(C)C=C1C(C)=O.[Y]. The van der Waals surface area contributed by atoms with Crippen LogP contribution >= 0.6 is 0 Å². The zero-order chi connectivity index (χ0) is 9.30. The van der Waals surface area contributed by atoms with Crippen molar-refractivity contribution in [3.05, 3.63) is 36.0 Å². The first-order chi connectivity index (χ1) is 5.52. The average Bonchev–Trinajstić information content (AvgIpc) is 1.96. The average molecular weight is 255 g/mol. The van der Waals surface area contributed by atoms with Crippen molar-refractivity contribution in [1.29, 1.82) is 0 Å². The van der Waals surface area contributed by atoms with Crippen LogP contribution in [0.5, 0.6) is 0 Å². The Hall–Kier alpha value is -0.276. The Labute approximate surface area is 102 Å². The van der Waals surface area contributed by atoms with Crippen molar-refractivity contribution in [2.45, 2.75) is 6.92 Å². The molecule has 0 saturated carbocycles. The van der Waals surface area contributed by atoms with Crippen molar-refractivity contribution >= 4 is 5.78 Å². The number of Topliss-reactive ketones (excluding diaryl/α,β-unsaturated/α-hetero) is 1. The van der Waals surface area contributed by atoms with Gasteiger partial charge in [-0.15, -0.1) is 6.58 Å². The third-order valence-electron chi connectivity index (χ3n) is 1.57.